The lowest BCUT2D eigenvalue weighted by molar-refractivity contribution is -0.384. The Morgan fingerprint density at radius 1 is 1.32 bits per heavy atom. The van der Waals surface area contributed by atoms with Gasteiger partial charge in [0.2, 0.25) is 0 Å². The summed E-state index contributed by atoms with van der Waals surface area (Å²) < 4.78 is 2.44. The van der Waals surface area contributed by atoms with E-state index in [1.807, 2.05) is 0 Å². The van der Waals surface area contributed by atoms with Crippen molar-refractivity contribution in [3.05, 3.63) is 73.0 Å². The number of carbonyl (C=O) groups excluding carboxylic acids is 1. The van der Waals surface area contributed by atoms with Crippen LogP contribution < -0.4 is 4.80 Å². The average molecular weight is 432 g/mol. The van der Waals surface area contributed by atoms with Crippen LogP contribution in [-0.2, 0) is 11.3 Å². The number of nitro groups is 1. The van der Waals surface area contributed by atoms with Crippen LogP contribution in [-0.4, -0.2) is 15.4 Å². The molecule has 0 fully saturated rings. The van der Waals surface area contributed by atoms with Crippen LogP contribution >= 0.6 is 34.5 Å². The number of nitrogens with zero attached hydrogens (tertiary/aromatic N) is 3. The molecule has 0 spiro atoms. The second-order valence-corrected chi connectivity index (χ2v) is 7.39. The van der Waals surface area contributed by atoms with Gasteiger partial charge in [-0.2, -0.15) is 4.99 Å². The average Bonchev–Trinajstić information content (AvgIpc) is 2.97. The fourth-order valence-electron chi connectivity index (χ4n) is 2.46. The number of terminal acetylenes is 1. The van der Waals surface area contributed by atoms with Gasteiger partial charge >= 0.3 is 0 Å². The number of non-ortho nitro benzene ring substituents is 1. The minimum absolute atomic E-state index is 0.0238. The highest BCUT2D eigenvalue weighted by Gasteiger charge is 2.11. The van der Waals surface area contributed by atoms with Crippen LogP contribution in [0.1, 0.15) is 5.56 Å². The van der Waals surface area contributed by atoms with Gasteiger partial charge in [-0.1, -0.05) is 40.5 Å². The van der Waals surface area contributed by atoms with Crippen molar-refractivity contribution < 1.29 is 9.72 Å². The molecular weight excluding hydrogens is 421 g/mol. The third-order valence-corrected chi connectivity index (χ3v) is 5.20. The summed E-state index contributed by atoms with van der Waals surface area (Å²) >= 11 is 13.6. The van der Waals surface area contributed by atoms with E-state index in [1.165, 1.54) is 35.6 Å². The van der Waals surface area contributed by atoms with Crippen molar-refractivity contribution in [2.75, 3.05) is 0 Å². The first-order valence-corrected chi connectivity index (χ1v) is 9.39. The Hall–Kier alpha value is -2.92. The fourth-order valence-corrected chi connectivity index (χ4v) is 4.28. The molecule has 0 aliphatic rings. The summed E-state index contributed by atoms with van der Waals surface area (Å²) in [5, 5.41) is 11.6. The molecule has 0 radical (unpaired) electrons. The van der Waals surface area contributed by atoms with Crippen LogP contribution in [0.4, 0.5) is 5.69 Å². The SMILES string of the molecule is C#CCn1c(=NC(=O)/C=C\c2ccc([N+](=O)[O-])cc2)sc2cc(Cl)cc(Cl)c21. The van der Waals surface area contributed by atoms with E-state index >= 15 is 0 Å². The van der Waals surface area contributed by atoms with Gasteiger partial charge in [0.05, 0.1) is 26.7 Å². The van der Waals surface area contributed by atoms with Crippen molar-refractivity contribution in [2.24, 2.45) is 4.99 Å². The summed E-state index contributed by atoms with van der Waals surface area (Å²) in [4.78, 5) is 26.9. The van der Waals surface area contributed by atoms with Gasteiger partial charge in [-0.05, 0) is 35.9 Å². The molecule has 0 aliphatic carbocycles. The Morgan fingerprint density at radius 3 is 2.68 bits per heavy atom. The van der Waals surface area contributed by atoms with Crippen molar-refractivity contribution >= 4 is 62.4 Å². The largest absolute Gasteiger partial charge is 0.303 e. The summed E-state index contributed by atoms with van der Waals surface area (Å²) in [5.74, 6) is 2.02. The Kier molecular flexibility index (Phi) is 5.95. The van der Waals surface area contributed by atoms with Gasteiger partial charge in [-0.25, -0.2) is 0 Å². The first-order valence-electron chi connectivity index (χ1n) is 7.82. The number of hydrogen-bond acceptors (Lipinski definition) is 4. The van der Waals surface area contributed by atoms with Crippen LogP contribution in [0.2, 0.25) is 10.0 Å². The van der Waals surface area contributed by atoms with Gasteiger partial charge in [-0.3, -0.25) is 14.9 Å². The number of halogens is 2. The number of amides is 1. The molecule has 6 nitrogen and oxygen atoms in total. The molecule has 1 heterocycles. The molecule has 140 valence electrons. The van der Waals surface area contributed by atoms with E-state index in [9.17, 15) is 14.9 Å². The number of fused-ring (bicyclic) bond motifs is 1. The Balaban J connectivity index is 1.96. The lowest BCUT2D eigenvalue weighted by Crippen LogP contribution is -2.16. The molecule has 9 heteroatoms. The molecular formula is C19H11Cl2N3O3S. The van der Waals surface area contributed by atoms with E-state index in [0.29, 0.717) is 25.9 Å². The second-order valence-electron chi connectivity index (χ2n) is 5.54. The van der Waals surface area contributed by atoms with E-state index in [1.54, 1.807) is 28.8 Å². The van der Waals surface area contributed by atoms with Crippen LogP contribution in [0.5, 0.6) is 0 Å². The van der Waals surface area contributed by atoms with Crippen LogP contribution in [0.25, 0.3) is 16.3 Å². The highest BCUT2D eigenvalue weighted by Crippen LogP contribution is 2.29. The summed E-state index contributed by atoms with van der Waals surface area (Å²) in [7, 11) is 0. The molecule has 0 bridgehead atoms. The molecule has 3 rings (SSSR count). The fraction of sp³-hybridized carbons (Fsp3) is 0.0526. The van der Waals surface area contributed by atoms with Gasteiger partial charge < -0.3 is 4.57 Å². The minimum Gasteiger partial charge on any atom is -0.303 e. The maximum atomic E-state index is 12.3. The minimum atomic E-state index is -0.502. The standard InChI is InChI=1S/C19H11Cl2N3O3S/c1-2-9-23-18-15(21)10-13(20)11-16(18)28-19(23)22-17(25)8-5-12-3-6-14(7-4-12)24(26)27/h1,3-8,10-11H,9H2/b8-5-,22-19?. The number of hydrogen-bond donors (Lipinski definition) is 0. The predicted octanol–water partition coefficient (Wildman–Crippen LogP) is 4.69. The third-order valence-electron chi connectivity index (χ3n) is 3.67. The van der Waals surface area contributed by atoms with E-state index < -0.39 is 10.8 Å². The van der Waals surface area contributed by atoms with Crippen molar-refractivity contribution in [2.45, 2.75) is 6.54 Å². The van der Waals surface area contributed by atoms with Gasteiger partial charge in [0, 0.05) is 23.2 Å². The summed E-state index contributed by atoms with van der Waals surface area (Å²) in [6.07, 6.45) is 8.24. The van der Waals surface area contributed by atoms with Gasteiger partial charge in [-0.15, -0.1) is 6.42 Å². The molecule has 2 aromatic carbocycles. The first-order chi connectivity index (χ1) is 13.4. The molecule has 0 unspecified atom stereocenters. The maximum absolute atomic E-state index is 12.3. The number of aromatic nitrogens is 1. The summed E-state index contributed by atoms with van der Waals surface area (Å²) in [6.45, 7) is 0.194. The van der Waals surface area contributed by atoms with Gasteiger partial charge in [0.1, 0.15) is 0 Å². The molecule has 28 heavy (non-hydrogen) atoms. The Labute approximate surface area is 173 Å². The molecule has 1 aromatic heterocycles. The van der Waals surface area contributed by atoms with E-state index in [0.717, 1.165) is 4.70 Å². The van der Waals surface area contributed by atoms with Crippen molar-refractivity contribution in [1.29, 1.82) is 0 Å². The number of benzene rings is 2. The highest BCUT2D eigenvalue weighted by molar-refractivity contribution is 7.16. The zero-order valence-corrected chi connectivity index (χ0v) is 16.5. The zero-order valence-electron chi connectivity index (χ0n) is 14.1. The number of rotatable bonds is 4. The molecule has 0 aliphatic heterocycles. The first kappa shape index (κ1) is 19.8. The predicted molar refractivity (Wildman–Crippen MR) is 111 cm³/mol. The quantitative estimate of drug-likeness (QED) is 0.260. The molecule has 0 saturated heterocycles. The Bertz CT molecular complexity index is 1220. The zero-order chi connectivity index (χ0) is 20.3. The van der Waals surface area contributed by atoms with Crippen LogP contribution in [0.3, 0.4) is 0 Å². The highest BCUT2D eigenvalue weighted by atomic mass is 35.5. The molecule has 1 amide bonds. The van der Waals surface area contributed by atoms with Crippen molar-refractivity contribution in [3.8, 4) is 12.3 Å². The van der Waals surface area contributed by atoms with E-state index in [2.05, 4.69) is 10.9 Å². The van der Waals surface area contributed by atoms with Crippen molar-refractivity contribution in [1.82, 2.24) is 4.57 Å². The molecule has 3 aromatic rings. The lowest BCUT2D eigenvalue weighted by Gasteiger charge is -2.02. The van der Waals surface area contributed by atoms with Gasteiger partial charge in [0.25, 0.3) is 11.6 Å². The monoisotopic (exact) mass is 431 g/mol. The van der Waals surface area contributed by atoms with Crippen LogP contribution in [0, 0.1) is 22.5 Å². The van der Waals surface area contributed by atoms with Crippen molar-refractivity contribution in [3.63, 3.8) is 0 Å². The maximum Gasteiger partial charge on any atom is 0.272 e. The Morgan fingerprint density at radius 2 is 2.04 bits per heavy atom. The number of thiazole rings is 1. The van der Waals surface area contributed by atoms with Crippen LogP contribution in [0.15, 0.2) is 47.5 Å². The van der Waals surface area contributed by atoms with E-state index in [-0.39, 0.29) is 12.2 Å². The third kappa shape index (κ3) is 4.31. The normalized spacial score (nSPS) is 11.8. The van der Waals surface area contributed by atoms with E-state index in [4.69, 9.17) is 29.6 Å². The molecule has 0 atom stereocenters. The summed E-state index contributed by atoms with van der Waals surface area (Å²) in [6, 6.07) is 9.14. The number of carbonyl (C=O) groups is 1. The molecule has 0 N–H and O–H groups in total. The topological polar surface area (TPSA) is 77.5 Å². The molecule has 0 saturated carbocycles. The second kappa shape index (κ2) is 8.40. The van der Waals surface area contributed by atoms with Gasteiger partial charge in [0.15, 0.2) is 4.80 Å². The lowest BCUT2D eigenvalue weighted by atomic mass is 10.2. The summed E-state index contributed by atoms with van der Waals surface area (Å²) in [5.41, 5.74) is 1.28. The smallest absolute Gasteiger partial charge is 0.272 e. The number of nitro benzene ring substituents is 1.